The maximum Gasteiger partial charge on any atom is 0.238 e. The zero-order valence-corrected chi connectivity index (χ0v) is 13.0. The molecule has 1 aliphatic rings. The van der Waals surface area contributed by atoms with Crippen molar-refractivity contribution >= 4 is 33.6 Å². The molecule has 1 aromatic rings. The van der Waals surface area contributed by atoms with Gasteiger partial charge in [-0.25, -0.2) is 4.39 Å². The number of benzene rings is 1. The first-order chi connectivity index (χ1) is 9.06. The molecule has 1 amide bonds. The minimum absolute atomic E-state index is 0.0252. The molecule has 0 saturated carbocycles. The van der Waals surface area contributed by atoms with Crippen LogP contribution in [0.4, 0.5) is 4.39 Å². The van der Waals surface area contributed by atoms with Crippen molar-refractivity contribution in [3.63, 3.8) is 0 Å². The molecule has 1 fully saturated rings. The Hall–Kier alpha value is -0.590. The zero-order chi connectivity index (χ0) is 13.8. The summed E-state index contributed by atoms with van der Waals surface area (Å²) in [6, 6.07) is 4.86. The van der Waals surface area contributed by atoms with Crippen LogP contribution in [0.25, 0.3) is 0 Å². The smallest absolute Gasteiger partial charge is 0.238 e. The Morgan fingerprint density at radius 1 is 1.68 bits per heavy atom. The number of halogens is 2. The quantitative estimate of drug-likeness (QED) is 0.878. The van der Waals surface area contributed by atoms with Crippen LogP contribution in [0.3, 0.4) is 0 Å². The molecular formula is C13H16BrFN2OS. The molecule has 0 spiro atoms. The third kappa shape index (κ3) is 4.19. The van der Waals surface area contributed by atoms with Crippen LogP contribution in [0.1, 0.15) is 12.5 Å². The summed E-state index contributed by atoms with van der Waals surface area (Å²) in [5.74, 6) is 1.42. The summed E-state index contributed by atoms with van der Waals surface area (Å²) >= 11 is 4.89. The highest BCUT2D eigenvalue weighted by Crippen LogP contribution is 2.18. The van der Waals surface area contributed by atoms with E-state index in [-0.39, 0.29) is 23.8 Å². The van der Waals surface area contributed by atoms with E-state index in [2.05, 4.69) is 26.6 Å². The number of carbonyl (C=O) groups is 1. The van der Waals surface area contributed by atoms with Gasteiger partial charge in [-0.2, -0.15) is 0 Å². The number of carbonyl (C=O) groups excluding carboxylic acids is 1. The van der Waals surface area contributed by atoms with E-state index in [1.54, 1.807) is 23.9 Å². The first kappa shape index (κ1) is 14.8. The van der Waals surface area contributed by atoms with Crippen LogP contribution in [0.5, 0.6) is 0 Å². The van der Waals surface area contributed by atoms with Gasteiger partial charge in [0.25, 0.3) is 0 Å². The lowest BCUT2D eigenvalue weighted by Crippen LogP contribution is -2.46. The molecule has 19 heavy (non-hydrogen) atoms. The van der Waals surface area contributed by atoms with E-state index in [1.807, 2.05) is 6.92 Å². The summed E-state index contributed by atoms with van der Waals surface area (Å²) in [6.07, 6.45) is 0.685. The maximum atomic E-state index is 13.1. The van der Waals surface area contributed by atoms with Crippen molar-refractivity contribution < 1.29 is 9.18 Å². The minimum atomic E-state index is -0.271. The molecule has 2 atom stereocenters. The summed E-state index contributed by atoms with van der Waals surface area (Å²) in [7, 11) is 0. The van der Waals surface area contributed by atoms with Gasteiger partial charge in [0.15, 0.2) is 0 Å². The Morgan fingerprint density at radius 2 is 2.47 bits per heavy atom. The highest BCUT2D eigenvalue weighted by Gasteiger charge is 2.23. The van der Waals surface area contributed by atoms with Crippen LogP contribution in [-0.2, 0) is 11.2 Å². The van der Waals surface area contributed by atoms with Gasteiger partial charge in [-0.15, -0.1) is 11.8 Å². The molecule has 104 valence electrons. The summed E-state index contributed by atoms with van der Waals surface area (Å²) in [6.45, 7) is 1.96. The maximum absolute atomic E-state index is 13.1. The molecule has 0 unspecified atom stereocenters. The predicted molar refractivity (Wildman–Crippen MR) is 79.7 cm³/mol. The van der Waals surface area contributed by atoms with E-state index in [1.165, 1.54) is 6.07 Å². The first-order valence-electron chi connectivity index (χ1n) is 6.11. The molecule has 0 aromatic heterocycles. The average Bonchev–Trinajstić information content (AvgIpc) is 2.87. The Labute approximate surface area is 124 Å². The summed E-state index contributed by atoms with van der Waals surface area (Å²) in [5.41, 5.74) is 0.995. The van der Waals surface area contributed by atoms with Gasteiger partial charge in [-0.1, -0.05) is 6.07 Å². The van der Waals surface area contributed by atoms with Gasteiger partial charge < -0.3 is 5.32 Å². The van der Waals surface area contributed by atoms with E-state index in [9.17, 15) is 9.18 Å². The standard InChI is InChI=1S/C13H16BrFN2OS/c1-8(17-13(18)12-6-19-7-16-12)4-9-2-3-11(15)10(14)5-9/h2-3,5,8,12,16H,4,6-7H2,1H3,(H,17,18)/t8-,12+/m1/s1. The second-order valence-corrected chi connectivity index (χ2v) is 6.52. The van der Waals surface area contributed by atoms with Crippen LogP contribution in [0, 0.1) is 5.82 Å². The highest BCUT2D eigenvalue weighted by atomic mass is 79.9. The fraction of sp³-hybridized carbons (Fsp3) is 0.462. The number of amides is 1. The Kier molecular flexibility index (Phi) is 5.24. The van der Waals surface area contributed by atoms with Crippen molar-refractivity contribution in [2.24, 2.45) is 0 Å². The lowest BCUT2D eigenvalue weighted by atomic mass is 10.1. The topological polar surface area (TPSA) is 41.1 Å². The molecular weight excluding hydrogens is 331 g/mol. The highest BCUT2D eigenvalue weighted by molar-refractivity contribution is 9.10. The molecule has 0 aliphatic carbocycles. The molecule has 0 radical (unpaired) electrons. The van der Waals surface area contributed by atoms with Crippen molar-refractivity contribution in [3.8, 4) is 0 Å². The van der Waals surface area contributed by atoms with Gasteiger partial charge in [-0.05, 0) is 47.0 Å². The molecule has 1 aliphatic heterocycles. The van der Waals surface area contributed by atoms with Crippen molar-refractivity contribution in [2.75, 3.05) is 11.6 Å². The summed E-state index contributed by atoms with van der Waals surface area (Å²) in [5, 5.41) is 6.12. The molecule has 1 heterocycles. The molecule has 2 rings (SSSR count). The number of rotatable bonds is 4. The Morgan fingerprint density at radius 3 is 3.11 bits per heavy atom. The average molecular weight is 347 g/mol. The minimum Gasteiger partial charge on any atom is -0.352 e. The molecule has 1 saturated heterocycles. The van der Waals surface area contributed by atoms with E-state index in [4.69, 9.17) is 0 Å². The molecule has 1 aromatic carbocycles. The molecule has 6 heteroatoms. The van der Waals surface area contributed by atoms with E-state index < -0.39 is 0 Å². The van der Waals surface area contributed by atoms with E-state index >= 15 is 0 Å². The molecule has 2 N–H and O–H groups in total. The van der Waals surface area contributed by atoms with Crippen LogP contribution in [-0.4, -0.2) is 29.6 Å². The van der Waals surface area contributed by atoms with Crippen LogP contribution in [0.15, 0.2) is 22.7 Å². The van der Waals surface area contributed by atoms with Gasteiger partial charge in [0.2, 0.25) is 5.91 Å². The normalized spacial score (nSPS) is 20.3. The number of nitrogens with one attached hydrogen (secondary N) is 2. The second-order valence-electron chi connectivity index (χ2n) is 4.63. The summed E-state index contributed by atoms with van der Waals surface area (Å²) in [4.78, 5) is 11.9. The van der Waals surface area contributed by atoms with Crippen LogP contribution < -0.4 is 10.6 Å². The van der Waals surface area contributed by atoms with Crippen molar-refractivity contribution in [2.45, 2.75) is 25.4 Å². The van der Waals surface area contributed by atoms with Crippen molar-refractivity contribution in [1.82, 2.24) is 10.6 Å². The third-order valence-corrected chi connectivity index (χ3v) is 4.49. The number of thioether (sulfide) groups is 1. The van der Waals surface area contributed by atoms with Crippen molar-refractivity contribution in [1.29, 1.82) is 0 Å². The third-order valence-electron chi connectivity index (χ3n) is 2.95. The van der Waals surface area contributed by atoms with Crippen molar-refractivity contribution in [3.05, 3.63) is 34.1 Å². The Bertz CT molecular complexity index is 466. The van der Waals surface area contributed by atoms with Gasteiger partial charge >= 0.3 is 0 Å². The predicted octanol–water partition coefficient (Wildman–Crippen LogP) is 2.30. The lowest BCUT2D eigenvalue weighted by molar-refractivity contribution is -0.123. The fourth-order valence-electron chi connectivity index (χ4n) is 1.98. The summed E-state index contributed by atoms with van der Waals surface area (Å²) < 4.78 is 13.6. The largest absolute Gasteiger partial charge is 0.352 e. The van der Waals surface area contributed by atoms with Crippen LogP contribution in [0.2, 0.25) is 0 Å². The number of hydrogen-bond donors (Lipinski definition) is 2. The van der Waals surface area contributed by atoms with E-state index in [0.717, 1.165) is 17.2 Å². The Balaban J connectivity index is 1.87. The lowest BCUT2D eigenvalue weighted by Gasteiger charge is -2.17. The van der Waals surface area contributed by atoms with Gasteiger partial charge in [0.1, 0.15) is 5.82 Å². The number of hydrogen-bond acceptors (Lipinski definition) is 3. The molecule has 3 nitrogen and oxygen atoms in total. The van der Waals surface area contributed by atoms with E-state index in [0.29, 0.717) is 10.9 Å². The van der Waals surface area contributed by atoms with Crippen LogP contribution >= 0.6 is 27.7 Å². The SMILES string of the molecule is C[C@H](Cc1ccc(F)c(Br)c1)NC(=O)[C@@H]1CSCN1. The first-order valence-corrected chi connectivity index (χ1v) is 8.06. The monoisotopic (exact) mass is 346 g/mol. The fourth-order valence-corrected chi connectivity index (χ4v) is 3.35. The zero-order valence-electron chi connectivity index (χ0n) is 10.6. The second kappa shape index (κ2) is 6.72. The molecule has 0 bridgehead atoms. The van der Waals surface area contributed by atoms with Gasteiger partial charge in [0.05, 0.1) is 10.5 Å². The van der Waals surface area contributed by atoms with Gasteiger partial charge in [-0.3, -0.25) is 10.1 Å². The van der Waals surface area contributed by atoms with Gasteiger partial charge in [0, 0.05) is 17.7 Å².